The minimum Gasteiger partial charge on any atom is -0.423 e. The van der Waals surface area contributed by atoms with Gasteiger partial charge >= 0.3 is 11.9 Å². The topological polar surface area (TPSA) is 52.6 Å². The van der Waals surface area contributed by atoms with Crippen molar-refractivity contribution >= 4 is 11.9 Å². The first-order valence-corrected chi connectivity index (χ1v) is 8.04. The molecule has 0 unspecified atom stereocenters. The molecule has 25 heavy (non-hydrogen) atoms. The molecule has 0 aliphatic heterocycles. The maximum atomic E-state index is 12.2. The standard InChI is InChI=1S/C21H22O4/c1-13-8-6-10-18(16(13)4)24-20(22)12-15(3)21(23)25-19-11-7-9-14(2)17(19)5/h6-12H,1-5H3/b15-12+. The first-order valence-electron chi connectivity index (χ1n) is 8.04. The molecule has 130 valence electrons. The molecule has 2 aromatic rings. The van der Waals surface area contributed by atoms with E-state index >= 15 is 0 Å². The Labute approximate surface area is 148 Å². The molecule has 0 atom stereocenters. The van der Waals surface area contributed by atoms with E-state index in [1.165, 1.54) is 6.92 Å². The summed E-state index contributed by atoms with van der Waals surface area (Å²) in [5.74, 6) is -0.215. The first-order chi connectivity index (χ1) is 11.8. The molecule has 0 saturated carbocycles. The molecule has 0 aliphatic rings. The average molecular weight is 338 g/mol. The van der Waals surface area contributed by atoms with Crippen molar-refractivity contribution in [3.05, 3.63) is 70.3 Å². The Balaban J connectivity index is 2.09. The van der Waals surface area contributed by atoms with Crippen LogP contribution in [0, 0.1) is 27.7 Å². The van der Waals surface area contributed by atoms with Gasteiger partial charge in [0.05, 0.1) is 0 Å². The lowest BCUT2D eigenvalue weighted by Crippen LogP contribution is -2.14. The van der Waals surface area contributed by atoms with Gasteiger partial charge < -0.3 is 9.47 Å². The van der Waals surface area contributed by atoms with Gasteiger partial charge in [0.1, 0.15) is 11.5 Å². The molecule has 0 heterocycles. The zero-order valence-electron chi connectivity index (χ0n) is 15.2. The lowest BCUT2D eigenvalue weighted by atomic mass is 10.1. The molecule has 2 aromatic carbocycles. The number of hydrogen-bond donors (Lipinski definition) is 0. The minimum absolute atomic E-state index is 0.177. The number of rotatable bonds is 4. The van der Waals surface area contributed by atoms with Crippen molar-refractivity contribution < 1.29 is 19.1 Å². The second-order valence-corrected chi connectivity index (χ2v) is 6.03. The summed E-state index contributed by atoms with van der Waals surface area (Å²) in [6.45, 7) is 9.17. The van der Waals surface area contributed by atoms with Crippen LogP contribution in [0.4, 0.5) is 0 Å². The highest BCUT2D eigenvalue weighted by atomic mass is 16.5. The Morgan fingerprint density at radius 2 is 1.28 bits per heavy atom. The summed E-state index contributed by atoms with van der Waals surface area (Å²) in [5, 5.41) is 0. The number of esters is 2. The molecule has 0 spiro atoms. The van der Waals surface area contributed by atoms with Crippen LogP contribution < -0.4 is 9.47 Å². The van der Waals surface area contributed by atoms with Crippen molar-refractivity contribution in [2.75, 3.05) is 0 Å². The van der Waals surface area contributed by atoms with E-state index in [9.17, 15) is 9.59 Å². The van der Waals surface area contributed by atoms with Crippen LogP contribution in [-0.4, -0.2) is 11.9 Å². The van der Waals surface area contributed by atoms with Crippen molar-refractivity contribution in [2.45, 2.75) is 34.6 Å². The summed E-state index contributed by atoms with van der Waals surface area (Å²) in [6, 6.07) is 11.0. The largest absolute Gasteiger partial charge is 0.423 e. The number of aryl methyl sites for hydroxylation is 2. The molecule has 0 saturated heterocycles. The molecule has 0 amide bonds. The Morgan fingerprint density at radius 1 is 0.800 bits per heavy atom. The van der Waals surface area contributed by atoms with Gasteiger partial charge in [-0.15, -0.1) is 0 Å². The summed E-state index contributed by atoms with van der Waals surface area (Å²) < 4.78 is 10.7. The Bertz CT molecular complexity index is 847. The maximum Gasteiger partial charge on any atom is 0.339 e. The third-order valence-electron chi connectivity index (χ3n) is 4.18. The van der Waals surface area contributed by atoms with Gasteiger partial charge in [0.15, 0.2) is 0 Å². The molecular weight excluding hydrogens is 316 g/mol. The molecule has 0 fully saturated rings. The van der Waals surface area contributed by atoms with Crippen LogP contribution in [0.25, 0.3) is 0 Å². The van der Waals surface area contributed by atoms with Gasteiger partial charge in [-0.05, 0) is 69.0 Å². The zero-order valence-corrected chi connectivity index (χ0v) is 15.2. The second kappa shape index (κ2) is 7.79. The summed E-state index contributed by atoms with van der Waals surface area (Å²) >= 11 is 0. The molecule has 0 aromatic heterocycles. The molecule has 0 N–H and O–H groups in total. The van der Waals surface area contributed by atoms with Crippen LogP contribution in [0.2, 0.25) is 0 Å². The lowest BCUT2D eigenvalue weighted by molar-refractivity contribution is -0.132. The van der Waals surface area contributed by atoms with Gasteiger partial charge in [-0.2, -0.15) is 0 Å². The third kappa shape index (κ3) is 4.57. The van der Waals surface area contributed by atoms with E-state index in [0.717, 1.165) is 28.3 Å². The van der Waals surface area contributed by atoms with E-state index in [0.29, 0.717) is 11.5 Å². The van der Waals surface area contributed by atoms with Crippen LogP contribution in [0.15, 0.2) is 48.0 Å². The van der Waals surface area contributed by atoms with E-state index in [2.05, 4.69) is 0 Å². The Hall–Kier alpha value is -2.88. The Morgan fingerprint density at radius 3 is 1.80 bits per heavy atom. The normalized spacial score (nSPS) is 11.2. The third-order valence-corrected chi connectivity index (χ3v) is 4.18. The smallest absolute Gasteiger partial charge is 0.339 e. The van der Waals surface area contributed by atoms with Gasteiger partial charge in [-0.25, -0.2) is 9.59 Å². The van der Waals surface area contributed by atoms with Crippen molar-refractivity contribution in [1.29, 1.82) is 0 Å². The van der Waals surface area contributed by atoms with Gasteiger partial charge in [-0.1, -0.05) is 24.3 Å². The van der Waals surface area contributed by atoms with E-state index < -0.39 is 11.9 Å². The summed E-state index contributed by atoms with van der Waals surface area (Å²) in [6.07, 6.45) is 1.15. The van der Waals surface area contributed by atoms with Crippen LogP contribution in [0.1, 0.15) is 29.2 Å². The maximum absolute atomic E-state index is 12.2. The summed E-state index contributed by atoms with van der Waals surface area (Å²) in [4.78, 5) is 24.2. The quantitative estimate of drug-likeness (QED) is 0.472. The van der Waals surface area contributed by atoms with Crippen molar-refractivity contribution in [3.63, 3.8) is 0 Å². The summed E-state index contributed by atoms with van der Waals surface area (Å²) in [7, 11) is 0. The van der Waals surface area contributed by atoms with Crippen molar-refractivity contribution in [3.8, 4) is 11.5 Å². The van der Waals surface area contributed by atoms with Crippen LogP contribution in [0.5, 0.6) is 11.5 Å². The number of ether oxygens (including phenoxy) is 2. The fraction of sp³-hybridized carbons (Fsp3) is 0.238. The van der Waals surface area contributed by atoms with Crippen LogP contribution in [0.3, 0.4) is 0 Å². The van der Waals surface area contributed by atoms with Crippen LogP contribution in [-0.2, 0) is 9.59 Å². The molecule has 2 rings (SSSR count). The highest BCUT2D eigenvalue weighted by Crippen LogP contribution is 2.22. The van der Waals surface area contributed by atoms with Crippen molar-refractivity contribution in [1.82, 2.24) is 0 Å². The second-order valence-electron chi connectivity index (χ2n) is 6.03. The van der Waals surface area contributed by atoms with Gasteiger partial charge in [0.2, 0.25) is 0 Å². The van der Waals surface area contributed by atoms with E-state index in [1.807, 2.05) is 52.0 Å². The van der Waals surface area contributed by atoms with Gasteiger partial charge in [0, 0.05) is 11.6 Å². The minimum atomic E-state index is -0.607. The predicted molar refractivity (Wildman–Crippen MR) is 96.9 cm³/mol. The molecule has 0 radical (unpaired) electrons. The van der Waals surface area contributed by atoms with Gasteiger partial charge in [-0.3, -0.25) is 0 Å². The zero-order chi connectivity index (χ0) is 18.6. The number of hydrogen-bond acceptors (Lipinski definition) is 4. The molecule has 4 nitrogen and oxygen atoms in total. The van der Waals surface area contributed by atoms with Gasteiger partial charge in [0.25, 0.3) is 0 Å². The lowest BCUT2D eigenvalue weighted by Gasteiger charge is -2.10. The average Bonchev–Trinajstić information content (AvgIpc) is 2.56. The van der Waals surface area contributed by atoms with Crippen LogP contribution >= 0.6 is 0 Å². The Kier molecular flexibility index (Phi) is 5.75. The van der Waals surface area contributed by atoms with E-state index in [-0.39, 0.29) is 5.57 Å². The SMILES string of the molecule is C/C(=C\C(=O)Oc1cccc(C)c1C)C(=O)Oc1cccc(C)c1C. The number of carbonyl (C=O) groups excluding carboxylic acids is 2. The highest BCUT2D eigenvalue weighted by molar-refractivity contribution is 5.97. The molecule has 0 bridgehead atoms. The van der Waals surface area contributed by atoms with E-state index in [4.69, 9.17) is 9.47 Å². The predicted octanol–water partition coefficient (Wildman–Crippen LogP) is 4.38. The monoisotopic (exact) mass is 338 g/mol. The molecular formula is C21H22O4. The van der Waals surface area contributed by atoms with E-state index in [1.54, 1.807) is 12.1 Å². The fourth-order valence-corrected chi connectivity index (χ4v) is 2.22. The number of carbonyl (C=O) groups is 2. The summed E-state index contributed by atoms with van der Waals surface area (Å²) in [5.41, 5.74) is 4.01. The fourth-order valence-electron chi connectivity index (χ4n) is 2.22. The highest BCUT2D eigenvalue weighted by Gasteiger charge is 2.13. The van der Waals surface area contributed by atoms with Crippen molar-refractivity contribution in [2.24, 2.45) is 0 Å². The molecule has 0 aliphatic carbocycles. The first kappa shape index (κ1) is 18.5. The number of benzene rings is 2. The molecule has 4 heteroatoms.